The largest absolute Gasteiger partial charge is 0.344 e. The SMILES string of the molecule is CC(=O)Nc1ccc(SCC(=O)NN2C(=O)NC(C)(c3ccccc3)C2=O)cc1. The number of urea groups is 1. The molecule has 150 valence electrons. The Morgan fingerprint density at radius 2 is 1.72 bits per heavy atom. The van der Waals surface area contributed by atoms with Crippen molar-refractivity contribution in [3.8, 4) is 0 Å². The van der Waals surface area contributed by atoms with E-state index in [1.54, 1.807) is 55.5 Å². The van der Waals surface area contributed by atoms with Gasteiger partial charge in [0.15, 0.2) is 0 Å². The van der Waals surface area contributed by atoms with Crippen LogP contribution in [0.25, 0.3) is 0 Å². The molecule has 0 bridgehead atoms. The number of carbonyl (C=O) groups excluding carboxylic acids is 4. The van der Waals surface area contributed by atoms with Crippen molar-refractivity contribution in [1.82, 2.24) is 15.8 Å². The number of hydrogen-bond donors (Lipinski definition) is 3. The molecule has 1 aliphatic heterocycles. The molecule has 2 aromatic carbocycles. The summed E-state index contributed by atoms with van der Waals surface area (Å²) in [6, 6.07) is 15.1. The van der Waals surface area contributed by atoms with Crippen LogP contribution in [0.4, 0.5) is 10.5 Å². The summed E-state index contributed by atoms with van der Waals surface area (Å²) in [6.07, 6.45) is 0. The Bertz CT molecular complexity index is 949. The van der Waals surface area contributed by atoms with E-state index in [1.165, 1.54) is 18.7 Å². The normalized spacial score (nSPS) is 18.3. The van der Waals surface area contributed by atoms with Crippen molar-refractivity contribution < 1.29 is 19.2 Å². The van der Waals surface area contributed by atoms with Crippen LogP contribution in [-0.2, 0) is 19.9 Å². The minimum atomic E-state index is -1.24. The number of hydrogen-bond acceptors (Lipinski definition) is 5. The highest BCUT2D eigenvalue weighted by molar-refractivity contribution is 8.00. The fraction of sp³-hybridized carbons (Fsp3) is 0.200. The van der Waals surface area contributed by atoms with Gasteiger partial charge >= 0.3 is 6.03 Å². The molecule has 29 heavy (non-hydrogen) atoms. The molecular weight excluding hydrogens is 392 g/mol. The Kier molecular flexibility index (Phi) is 5.88. The maximum Gasteiger partial charge on any atom is 0.344 e. The zero-order chi connectivity index (χ0) is 21.0. The number of rotatable bonds is 6. The first-order chi connectivity index (χ1) is 13.8. The van der Waals surface area contributed by atoms with E-state index in [9.17, 15) is 19.2 Å². The lowest BCUT2D eigenvalue weighted by Gasteiger charge is -2.22. The van der Waals surface area contributed by atoms with E-state index in [0.717, 1.165) is 9.90 Å². The first kappa shape index (κ1) is 20.4. The molecule has 1 fully saturated rings. The minimum Gasteiger partial charge on any atom is -0.326 e. The van der Waals surface area contributed by atoms with Gasteiger partial charge in [-0.2, -0.15) is 5.01 Å². The van der Waals surface area contributed by atoms with Gasteiger partial charge in [0.2, 0.25) is 11.8 Å². The summed E-state index contributed by atoms with van der Waals surface area (Å²) in [7, 11) is 0. The van der Waals surface area contributed by atoms with E-state index < -0.39 is 23.4 Å². The molecule has 8 nitrogen and oxygen atoms in total. The van der Waals surface area contributed by atoms with Crippen molar-refractivity contribution in [3.63, 3.8) is 0 Å². The Morgan fingerprint density at radius 1 is 1.07 bits per heavy atom. The Labute approximate surface area is 172 Å². The van der Waals surface area contributed by atoms with E-state index in [4.69, 9.17) is 0 Å². The topological polar surface area (TPSA) is 108 Å². The van der Waals surface area contributed by atoms with Crippen molar-refractivity contribution in [1.29, 1.82) is 0 Å². The molecule has 3 rings (SSSR count). The first-order valence-electron chi connectivity index (χ1n) is 8.82. The number of anilines is 1. The van der Waals surface area contributed by atoms with Crippen LogP contribution < -0.4 is 16.1 Å². The third kappa shape index (κ3) is 4.57. The number of nitrogens with one attached hydrogen (secondary N) is 3. The molecule has 0 aliphatic carbocycles. The van der Waals surface area contributed by atoms with Crippen LogP contribution in [-0.4, -0.2) is 34.5 Å². The van der Waals surface area contributed by atoms with E-state index in [-0.39, 0.29) is 11.7 Å². The molecule has 1 unspecified atom stereocenters. The van der Waals surface area contributed by atoms with Gasteiger partial charge < -0.3 is 10.6 Å². The molecule has 5 amide bonds. The molecule has 0 saturated carbocycles. The van der Waals surface area contributed by atoms with Gasteiger partial charge in [0.05, 0.1) is 5.75 Å². The third-order valence-corrected chi connectivity index (χ3v) is 5.34. The Morgan fingerprint density at radius 3 is 2.34 bits per heavy atom. The molecule has 3 N–H and O–H groups in total. The summed E-state index contributed by atoms with van der Waals surface area (Å²) in [5.74, 6) is -1.19. The van der Waals surface area contributed by atoms with Crippen molar-refractivity contribution in [2.24, 2.45) is 0 Å². The molecular formula is C20H20N4O4S. The maximum atomic E-state index is 12.8. The average molecular weight is 412 g/mol. The Balaban J connectivity index is 1.58. The van der Waals surface area contributed by atoms with Gasteiger partial charge in [-0.05, 0) is 36.8 Å². The maximum absolute atomic E-state index is 12.8. The van der Waals surface area contributed by atoms with E-state index >= 15 is 0 Å². The number of nitrogens with zero attached hydrogens (tertiary/aromatic N) is 1. The number of carbonyl (C=O) groups is 4. The molecule has 1 heterocycles. The number of amides is 5. The number of benzene rings is 2. The monoisotopic (exact) mass is 412 g/mol. The van der Waals surface area contributed by atoms with Crippen LogP contribution >= 0.6 is 11.8 Å². The van der Waals surface area contributed by atoms with Crippen LogP contribution in [0.3, 0.4) is 0 Å². The van der Waals surface area contributed by atoms with Gasteiger partial charge in [-0.25, -0.2) is 4.79 Å². The summed E-state index contributed by atoms with van der Waals surface area (Å²) >= 11 is 1.24. The molecule has 9 heteroatoms. The molecule has 2 aromatic rings. The van der Waals surface area contributed by atoms with Crippen LogP contribution in [0.2, 0.25) is 0 Å². The van der Waals surface area contributed by atoms with Crippen molar-refractivity contribution >= 4 is 41.2 Å². The van der Waals surface area contributed by atoms with E-state index in [2.05, 4.69) is 16.1 Å². The summed E-state index contributed by atoms with van der Waals surface area (Å²) in [5, 5.41) is 6.01. The second kappa shape index (κ2) is 8.36. The van der Waals surface area contributed by atoms with E-state index in [0.29, 0.717) is 11.3 Å². The predicted molar refractivity (Wildman–Crippen MR) is 109 cm³/mol. The summed E-state index contributed by atoms with van der Waals surface area (Å²) in [4.78, 5) is 49.1. The highest BCUT2D eigenvalue weighted by Crippen LogP contribution is 2.27. The highest BCUT2D eigenvalue weighted by atomic mass is 32.2. The van der Waals surface area contributed by atoms with Crippen LogP contribution in [0.15, 0.2) is 59.5 Å². The average Bonchev–Trinajstić information content (AvgIpc) is 2.92. The molecule has 1 aliphatic rings. The van der Waals surface area contributed by atoms with Gasteiger partial charge in [0.25, 0.3) is 5.91 Å². The molecule has 0 spiro atoms. The van der Waals surface area contributed by atoms with Gasteiger partial charge in [-0.15, -0.1) is 11.8 Å². The van der Waals surface area contributed by atoms with Crippen LogP contribution in [0.5, 0.6) is 0 Å². The number of thioether (sulfide) groups is 1. The van der Waals surface area contributed by atoms with Crippen LogP contribution in [0, 0.1) is 0 Å². The lowest BCUT2D eigenvalue weighted by Crippen LogP contribution is -2.48. The number of hydrazine groups is 1. The zero-order valence-corrected chi connectivity index (χ0v) is 16.7. The minimum absolute atomic E-state index is 0.0125. The molecule has 1 atom stereocenters. The molecule has 0 radical (unpaired) electrons. The summed E-state index contributed by atoms with van der Waals surface area (Å²) in [6.45, 7) is 3.02. The van der Waals surface area contributed by atoms with Gasteiger partial charge in [-0.3, -0.25) is 19.8 Å². The van der Waals surface area contributed by atoms with Crippen molar-refractivity contribution in [2.75, 3.05) is 11.1 Å². The second-order valence-electron chi connectivity index (χ2n) is 6.59. The summed E-state index contributed by atoms with van der Waals surface area (Å²) < 4.78 is 0. The lowest BCUT2D eigenvalue weighted by atomic mass is 9.92. The van der Waals surface area contributed by atoms with Crippen molar-refractivity contribution in [3.05, 3.63) is 60.2 Å². The molecule has 1 saturated heterocycles. The van der Waals surface area contributed by atoms with Gasteiger partial charge in [-0.1, -0.05) is 30.3 Å². The van der Waals surface area contributed by atoms with Gasteiger partial charge in [0.1, 0.15) is 5.54 Å². The smallest absolute Gasteiger partial charge is 0.326 e. The quantitative estimate of drug-likeness (QED) is 0.498. The standard InChI is InChI=1S/C20H20N4O4S/c1-13(25)21-15-8-10-16(11-9-15)29-12-17(26)23-24-18(27)20(2,22-19(24)28)14-6-4-3-5-7-14/h3-11H,12H2,1-2H3,(H,21,25)(H,22,28)(H,23,26). The number of imide groups is 1. The first-order valence-corrected chi connectivity index (χ1v) is 9.80. The predicted octanol–water partition coefficient (Wildman–Crippen LogP) is 2.24. The lowest BCUT2D eigenvalue weighted by molar-refractivity contribution is -0.138. The van der Waals surface area contributed by atoms with Gasteiger partial charge in [0, 0.05) is 17.5 Å². The second-order valence-corrected chi connectivity index (χ2v) is 7.64. The fourth-order valence-corrected chi connectivity index (χ4v) is 3.54. The Hall–Kier alpha value is -3.33. The highest BCUT2D eigenvalue weighted by Gasteiger charge is 2.49. The van der Waals surface area contributed by atoms with Crippen LogP contribution in [0.1, 0.15) is 19.4 Å². The zero-order valence-electron chi connectivity index (χ0n) is 15.9. The summed E-state index contributed by atoms with van der Waals surface area (Å²) in [5.41, 5.74) is 2.41. The van der Waals surface area contributed by atoms with E-state index in [1.807, 2.05) is 6.07 Å². The fourth-order valence-electron chi connectivity index (χ4n) is 2.85. The van der Waals surface area contributed by atoms with Crippen molar-refractivity contribution in [2.45, 2.75) is 24.3 Å². The molecule has 0 aromatic heterocycles. The third-order valence-electron chi connectivity index (χ3n) is 4.32.